The van der Waals surface area contributed by atoms with Gasteiger partial charge >= 0.3 is 0 Å². The molecular formula is C27H18O2. The van der Waals surface area contributed by atoms with Gasteiger partial charge in [0.15, 0.2) is 0 Å². The first-order valence-corrected chi connectivity index (χ1v) is 9.78. The molecule has 6 rings (SSSR count). The molecule has 0 aliphatic carbocycles. The zero-order chi connectivity index (χ0) is 19.3. The number of fused-ring (bicyclic) bond motifs is 4. The third kappa shape index (κ3) is 2.50. The van der Waals surface area contributed by atoms with Crippen LogP contribution < -0.4 is 9.47 Å². The smallest absolute Gasteiger partial charge is 0.299 e. The van der Waals surface area contributed by atoms with E-state index >= 15 is 0 Å². The van der Waals surface area contributed by atoms with E-state index in [1.54, 1.807) is 0 Å². The highest BCUT2D eigenvalue weighted by atomic mass is 16.7. The van der Waals surface area contributed by atoms with Crippen LogP contribution in [0.15, 0.2) is 97.1 Å². The molecule has 1 unspecified atom stereocenters. The van der Waals surface area contributed by atoms with Crippen LogP contribution in [0.4, 0.5) is 0 Å². The molecule has 1 atom stereocenters. The normalized spacial score (nSPS) is 19.1. The van der Waals surface area contributed by atoms with Crippen molar-refractivity contribution in [1.82, 2.24) is 0 Å². The topological polar surface area (TPSA) is 18.5 Å². The fraction of sp³-hybridized carbons (Fsp3) is 0.0370. The highest BCUT2D eigenvalue weighted by molar-refractivity contribution is 5.96. The van der Waals surface area contributed by atoms with Crippen LogP contribution in [0.5, 0.6) is 11.5 Å². The minimum Gasteiger partial charge on any atom is -0.444 e. The quantitative estimate of drug-likeness (QED) is 0.375. The van der Waals surface area contributed by atoms with E-state index in [1.165, 1.54) is 0 Å². The zero-order valence-electron chi connectivity index (χ0n) is 15.7. The minimum absolute atomic E-state index is 0.820. The molecule has 0 aromatic heterocycles. The Kier molecular flexibility index (Phi) is 3.41. The molecule has 4 aromatic carbocycles. The molecule has 0 amide bonds. The maximum atomic E-state index is 6.72. The van der Waals surface area contributed by atoms with Crippen molar-refractivity contribution in [3.05, 3.63) is 114 Å². The Hall–Kier alpha value is -3.78. The van der Waals surface area contributed by atoms with Crippen LogP contribution in [0, 0.1) is 0 Å². The third-order valence-electron chi connectivity index (χ3n) is 5.59. The fourth-order valence-corrected chi connectivity index (χ4v) is 4.16. The standard InChI is InChI=1S/C27H18O2/c1-2-9-20(10-3-1)24-18-22-11-5-7-13-25(22)28-27(24)17-16-21-15-14-19-8-4-6-12-23(19)26(21)29-27/h1-18H. The average molecular weight is 374 g/mol. The van der Waals surface area contributed by atoms with Crippen LogP contribution in [0.1, 0.15) is 16.7 Å². The number of hydrogen-bond donors (Lipinski definition) is 0. The second-order valence-corrected chi connectivity index (χ2v) is 7.37. The van der Waals surface area contributed by atoms with Gasteiger partial charge in [-0.1, -0.05) is 84.9 Å². The fourth-order valence-electron chi connectivity index (χ4n) is 4.16. The van der Waals surface area contributed by atoms with Crippen molar-refractivity contribution in [2.75, 3.05) is 0 Å². The lowest BCUT2D eigenvalue weighted by Gasteiger charge is -2.40. The maximum absolute atomic E-state index is 6.72. The predicted octanol–water partition coefficient (Wildman–Crippen LogP) is 6.57. The SMILES string of the molecule is C1=CC2(Oc3ccccc3C=C2c2ccccc2)Oc2c1ccc1ccccc21. The Balaban J connectivity index is 1.58. The molecule has 0 saturated carbocycles. The van der Waals surface area contributed by atoms with E-state index in [0.717, 1.165) is 44.5 Å². The van der Waals surface area contributed by atoms with Gasteiger partial charge < -0.3 is 9.47 Å². The summed E-state index contributed by atoms with van der Waals surface area (Å²) in [4.78, 5) is 0. The predicted molar refractivity (Wildman–Crippen MR) is 118 cm³/mol. The van der Waals surface area contributed by atoms with E-state index in [4.69, 9.17) is 9.47 Å². The molecule has 0 bridgehead atoms. The van der Waals surface area contributed by atoms with Gasteiger partial charge in [-0.15, -0.1) is 0 Å². The molecule has 2 heteroatoms. The van der Waals surface area contributed by atoms with Crippen molar-refractivity contribution in [1.29, 1.82) is 0 Å². The van der Waals surface area contributed by atoms with E-state index in [-0.39, 0.29) is 0 Å². The van der Waals surface area contributed by atoms with Crippen LogP contribution in [-0.4, -0.2) is 5.79 Å². The van der Waals surface area contributed by atoms with Gasteiger partial charge in [-0.2, -0.15) is 0 Å². The zero-order valence-corrected chi connectivity index (χ0v) is 15.7. The molecule has 2 heterocycles. The number of para-hydroxylation sites is 1. The first-order valence-electron chi connectivity index (χ1n) is 9.78. The van der Waals surface area contributed by atoms with Crippen molar-refractivity contribution in [3.8, 4) is 11.5 Å². The average Bonchev–Trinajstić information content (AvgIpc) is 2.79. The molecule has 0 fully saturated rings. The molecule has 0 N–H and O–H groups in total. The lowest BCUT2D eigenvalue weighted by molar-refractivity contribution is -0.0200. The van der Waals surface area contributed by atoms with E-state index in [9.17, 15) is 0 Å². The molecule has 1 spiro atoms. The number of hydrogen-bond acceptors (Lipinski definition) is 2. The van der Waals surface area contributed by atoms with Gasteiger partial charge in [0.25, 0.3) is 5.79 Å². The van der Waals surface area contributed by atoms with Crippen LogP contribution in [0.25, 0.3) is 28.5 Å². The molecule has 4 aromatic rings. The van der Waals surface area contributed by atoms with Gasteiger partial charge in [0.05, 0.1) is 0 Å². The van der Waals surface area contributed by atoms with Gasteiger partial charge in [-0.3, -0.25) is 0 Å². The summed E-state index contributed by atoms with van der Waals surface area (Å²) < 4.78 is 13.3. The summed E-state index contributed by atoms with van der Waals surface area (Å²) in [5.74, 6) is 0.666. The Morgan fingerprint density at radius 3 is 2.34 bits per heavy atom. The van der Waals surface area contributed by atoms with Gasteiger partial charge in [0, 0.05) is 28.2 Å². The molecule has 2 aliphatic heterocycles. The van der Waals surface area contributed by atoms with Crippen molar-refractivity contribution >= 4 is 28.5 Å². The second-order valence-electron chi connectivity index (χ2n) is 7.37. The summed E-state index contributed by atoms with van der Waals surface area (Å²) in [6.45, 7) is 0. The number of benzene rings is 4. The Bertz CT molecular complexity index is 1300. The first kappa shape index (κ1) is 16.2. The molecule has 2 aliphatic rings. The molecule has 29 heavy (non-hydrogen) atoms. The molecule has 2 nitrogen and oxygen atoms in total. The molecule has 0 radical (unpaired) electrons. The van der Waals surface area contributed by atoms with E-state index in [1.807, 2.05) is 54.6 Å². The minimum atomic E-state index is -1.01. The van der Waals surface area contributed by atoms with Gasteiger partial charge in [0.1, 0.15) is 11.5 Å². The summed E-state index contributed by atoms with van der Waals surface area (Å²) in [6, 6.07) is 30.9. The van der Waals surface area contributed by atoms with Crippen molar-refractivity contribution in [2.45, 2.75) is 5.79 Å². The Morgan fingerprint density at radius 1 is 0.621 bits per heavy atom. The summed E-state index contributed by atoms with van der Waals surface area (Å²) in [7, 11) is 0. The molecular weight excluding hydrogens is 356 g/mol. The molecule has 138 valence electrons. The Morgan fingerprint density at radius 2 is 1.41 bits per heavy atom. The van der Waals surface area contributed by atoms with Crippen molar-refractivity contribution in [2.24, 2.45) is 0 Å². The van der Waals surface area contributed by atoms with E-state index in [0.29, 0.717) is 0 Å². The van der Waals surface area contributed by atoms with E-state index < -0.39 is 5.79 Å². The van der Waals surface area contributed by atoms with Crippen molar-refractivity contribution < 1.29 is 9.47 Å². The van der Waals surface area contributed by atoms with Crippen LogP contribution in [0.2, 0.25) is 0 Å². The summed E-state index contributed by atoms with van der Waals surface area (Å²) in [5.41, 5.74) is 4.18. The number of ether oxygens (including phenoxy) is 2. The summed E-state index contributed by atoms with van der Waals surface area (Å²) in [5, 5.41) is 2.24. The van der Waals surface area contributed by atoms with Gasteiger partial charge in [-0.05, 0) is 29.2 Å². The third-order valence-corrected chi connectivity index (χ3v) is 5.59. The van der Waals surface area contributed by atoms with Gasteiger partial charge in [0.2, 0.25) is 0 Å². The largest absolute Gasteiger partial charge is 0.444 e. The Labute approximate surface area is 169 Å². The lowest BCUT2D eigenvalue weighted by atomic mass is 9.89. The monoisotopic (exact) mass is 374 g/mol. The maximum Gasteiger partial charge on any atom is 0.299 e. The first-order chi connectivity index (χ1) is 14.3. The van der Waals surface area contributed by atoms with E-state index in [2.05, 4.69) is 54.6 Å². The molecule has 0 saturated heterocycles. The lowest BCUT2D eigenvalue weighted by Crippen LogP contribution is -2.44. The number of rotatable bonds is 1. The van der Waals surface area contributed by atoms with Crippen LogP contribution in [0.3, 0.4) is 0 Å². The second kappa shape index (κ2) is 6.11. The summed E-state index contributed by atoms with van der Waals surface area (Å²) in [6.07, 6.45) is 6.31. The van der Waals surface area contributed by atoms with Crippen molar-refractivity contribution in [3.63, 3.8) is 0 Å². The summed E-state index contributed by atoms with van der Waals surface area (Å²) >= 11 is 0. The highest BCUT2D eigenvalue weighted by Crippen LogP contribution is 2.47. The van der Waals surface area contributed by atoms with Crippen LogP contribution in [-0.2, 0) is 0 Å². The highest BCUT2D eigenvalue weighted by Gasteiger charge is 2.43. The van der Waals surface area contributed by atoms with Crippen LogP contribution >= 0.6 is 0 Å². The van der Waals surface area contributed by atoms with Gasteiger partial charge in [-0.25, -0.2) is 0 Å².